The van der Waals surface area contributed by atoms with Gasteiger partial charge in [-0.3, -0.25) is 9.59 Å². The van der Waals surface area contributed by atoms with Crippen LogP contribution in [0.2, 0.25) is 0 Å². The molecule has 1 aliphatic carbocycles. The summed E-state index contributed by atoms with van der Waals surface area (Å²) in [5, 5.41) is 13.2. The van der Waals surface area contributed by atoms with E-state index in [-0.39, 0.29) is 24.4 Å². The molecule has 0 amide bonds. The van der Waals surface area contributed by atoms with Crippen molar-refractivity contribution in [3.8, 4) is 0 Å². The molecule has 19 heavy (non-hydrogen) atoms. The van der Waals surface area contributed by atoms with Gasteiger partial charge in [-0.2, -0.15) is 0 Å². The normalized spacial score (nSPS) is 26.8. The molecule has 0 aromatic heterocycles. The third kappa shape index (κ3) is 5.16. The van der Waals surface area contributed by atoms with Gasteiger partial charge in [0.15, 0.2) is 0 Å². The van der Waals surface area contributed by atoms with Crippen LogP contribution in [0, 0.1) is 5.92 Å². The fraction of sp³-hybridized carbons (Fsp3) is 0.846. The van der Waals surface area contributed by atoms with Crippen molar-refractivity contribution in [2.24, 2.45) is 5.92 Å². The number of carbonyl (C=O) groups is 2. The Labute approximate surface area is 113 Å². The number of aliphatic hydroxyl groups is 1. The average Bonchev–Trinajstić information content (AvgIpc) is 2.39. The predicted octanol–water partition coefficient (Wildman–Crippen LogP) is 0.233. The van der Waals surface area contributed by atoms with Crippen LogP contribution >= 0.6 is 0 Å². The van der Waals surface area contributed by atoms with E-state index >= 15 is 0 Å². The minimum Gasteiger partial charge on any atom is -0.468 e. The molecule has 2 N–H and O–H groups in total. The molecule has 110 valence electrons. The second kappa shape index (κ2) is 7.45. The Bertz CT molecular complexity index is 310. The molecule has 0 saturated heterocycles. The molecule has 1 saturated carbocycles. The van der Waals surface area contributed by atoms with Crippen LogP contribution in [0.25, 0.3) is 0 Å². The molecule has 6 nitrogen and oxygen atoms in total. The van der Waals surface area contributed by atoms with Gasteiger partial charge in [-0.15, -0.1) is 0 Å². The van der Waals surface area contributed by atoms with Crippen molar-refractivity contribution in [3.05, 3.63) is 0 Å². The number of methoxy groups -OCH3 is 1. The molecule has 0 spiro atoms. The lowest BCUT2D eigenvalue weighted by molar-refractivity contribution is -0.151. The molecule has 0 aromatic carbocycles. The summed E-state index contributed by atoms with van der Waals surface area (Å²) in [5.41, 5.74) is -0.850. The topological polar surface area (TPSA) is 84.9 Å². The number of ether oxygens (including phenoxy) is 2. The zero-order chi connectivity index (χ0) is 14.3. The van der Waals surface area contributed by atoms with Crippen LogP contribution in [0.3, 0.4) is 0 Å². The molecule has 0 aliphatic heterocycles. The van der Waals surface area contributed by atoms with Gasteiger partial charge in [-0.25, -0.2) is 0 Å². The quantitative estimate of drug-likeness (QED) is 0.674. The summed E-state index contributed by atoms with van der Waals surface area (Å²) in [4.78, 5) is 22.5. The van der Waals surface area contributed by atoms with Gasteiger partial charge in [0.05, 0.1) is 31.8 Å². The summed E-state index contributed by atoms with van der Waals surface area (Å²) >= 11 is 0. The summed E-state index contributed by atoms with van der Waals surface area (Å²) in [6.07, 6.45) is 2.31. The first-order chi connectivity index (χ1) is 9.00. The van der Waals surface area contributed by atoms with Crippen molar-refractivity contribution in [3.63, 3.8) is 0 Å². The molecule has 0 heterocycles. The van der Waals surface area contributed by atoms with Crippen molar-refractivity contribution in [2.75, 3.05) is 26.8 Å². The zero-order valence-corrected chi connectivity index (χ0v) is 11.6. The highest BCUT2D eigenvalue weighted by atomic mass is 16.5. The second-order valence-corrected chi connectivity index (χ2v) is 4.93. The number of hydrogen-bond donors (Lipinski definition) is 2. The van der Waals surface area contributed by atoms with E-state index in [1.807, 2.05) is 0 Å². The van der Waals surface area contributed by atoms with E-state index < -0.39 is 5.60 Å². The van der Waals surface area contributed by atoms with Crippen molar-refractivity contribution >= 4 is 11.9 Å². The minimum absolute atomic E-state index is 0.0834. The van der Waals surface area contributed by atoms with Gasteiger partial charge in [-0.1, -0.05) is 0 Å². The Kier molecular flexibility index (Phi) is 6.24. The van der Waals surface area contributed by atoms with Gasteiger partial charge in [0.25, 0.3) is 0 Å². The third-order valence-corrected chi connectivity index (χ3v) is 3.49. The lowest BCUT2D eigenvalue weighted by Gasteiger charge is -2.35. The highest BCUT2D eigenvalue weighted by molar-refractivity contribution is 5.72. The monoisotopic (exact) mass is 273 g/mol. The maximum atomic E-state index is 11.6. The Morgan fingerprint density at radius 1 is 1.37 bits per heavy atom. The largest absolute Gasteiger partial charge is 0.468 e. The van der Waals surface area contributed by atoms with Crippen LogP contribution in [0.15, 0.2) is 0 Å². The van der Waals surface area contributed by atoms with E-state index in [2.05, 4.69) is 10.1 Å². The summed E-state index contributed by atoms with van der Waals surface area (Å²) in [6.45, 7) is 2.59. The fourth-order valence-corrected chi connectivity index (χ4v) is 2.30. The second-order valence-electron chi connectivity index (χ2n) is 4.93. The highest BCUT2D eigenvalue weighted by Crippen LogP contribution is 2.32. The summed E-state index contributed by atoms with van der Waals surface area (Å²) in [6, 6.07) is 0. The van der Waals surface area contributed by atoms with Gasteiger partial charge >= 0.3 is 11.9 Å². The van der Waals surface area contributed by atoms with E-state index in [1.165, 1.54) is 7.11 Å². The summed E-state index contributed by atoms with van der Waals surface area (Å²) < 4.78 is 9.48. The van der Waals surface area contributed by atoms with E-state index in [1.54, 1.807) is 6.92 Å². The van der Waals surface area contributed by atoms with Gasteiger partial charge in [-0.05, 0) is 32.6 Å². The van der Waals surface area contributed by atoms with Crippen LogP contribution in [0.1, 0.15) is 32.6 Å². The van der Waals surface area contributed by atoms with Crippen molar-refractivity contribution in [1.29, 1.82) is 0 Å². The summed E-state index contributed by atoms with van der Waals surface area (Å²) in [5.74, 6) is -0.642. The Balaban J connectivity index is 2.30. The molecular formula is C13H23NO5. The van der Waals surface area contributed by atoms with Crippen molar-refractivity contribution in [1.82, 2.24) is 5.32 Å². The zero-order valence-electron chi connectivity index (χ0n) is 11.6. The number of rotatable bonds is 6. The minimum atomic E-state index is -0.850. The van der Waals surface area contributed by atoms with Crippen LogP contribution < -0.4 is 5.32 Å². The smallest absolute Gasteiger partial charge is 0.319 e. The first-order valence-electron chi connectivity index (χ1n) is 6.67. The standard InChI is InChI=1S/C13H23NO5/c1-3-19-12(16)10-4-6-13(17,7-5-10)9-14-8-11(15)18-2/h10,14,17H,3-9H2,1-2H3. The average molecular weight is 273 g/mol. The molecule has 0 aromatic rings. The first-order valence-corrected chi connectivity index (χ1v) is 6.67. The van der Waals surface area contributed by atoms with E-state index in [4.69, 9.17) is 4.74 Å². The Hall–Kier alpha value is -1.14. The third-order valence-electron chi connectivity index (χ3n) is 3.49. The molecule has 0 unspecified atom stereocenters. The van der Waals surface area contributed by atoms with Crippen LogP contribution in [0.5, 0.6) is 0 Å². The van der Waals surface area contributed by atoms with E-state index in [0.717, 1.165) is 0 Å². The molecule has 0 bridgehead atoms. The molecule has 1 aliphatic rings. The number of esters is 2. The predicted molar refractivity (Wildman–Crippen MR) is 68.4 cm³/mol. The molecule has 1 fully saturated rings. The Morgan fingerprint density at radius 2 is 2.00 bits per heavy atom. The van der Waals surface area contributed by atoms with E-state index in [9.17, 15) is 14.7 Å². The maximum absolute atomic E-state index is 11.6. The van der Waals surface area contributed by atoms with Crippen LogP contribution in [-0.2, 0) is 19.1 Å². The van der Waals surface area contributed by atoms with Crippen LogP contribution in [-0.4, -0.2) is 49.5 Å². The SMILES string of the molecule is CCOC(=O)C1CCC(O)(CNCC(=O)OC)CC1. The maximum Gasteiger partial charge on any atom is 0.319 e. The Morgan fingerprint density at radius 3 is 2.53 bits per heavy atom. The van der Waals surface area contributed by atoms with Gasteiger partial charge in [0.1, 0.15) is 0 Å². The lowest BCUT2D eigenvalue weighted by Crippen LogP contribution is -2.45. The number of hydrogen-bond acceptors (Lipinski definition) is 6. The molecule has 0 atom stereocenters. The molecular weight excluding hydrogens is 250 g/mol. The van der Waals surface area contributed by atoms with Gasteiger partial charge in [0.2, 0.25) is 0 Å². The number of nitrogens with one attached hydrogen (secondary N) is 1. The fourth-order valence-electron chi connectivity index (χ4n) is 2.30. The van der Waals surface area contributed by atoms with Gasteiger partial charge < -0.3 is 19.9 Å². The van der Waals surface area contributed by atoms with Crippen molar-refractivity contribution in [2.45, 2.75) is 38.2 Å². The summed E-state index contributed by atoms with van der Waals surface area (Å²) in [7, 11) is 1.32. The molecule has 1 rings (SSSR count). The molecule has 0 radical (unpaired) electrons. The van der Waals surface area contributed by atoms with Crippen molar-refractivity contribution < 1.29 is 24.2 Å². The number of carbonyl (C=O) groups excluding carboxylic acids is 2. The van der Waals surface area contributed by atoms with Gasteiger partial charge in [0, 0.05) is 6.54 Å². The van der Waals surface area contributed by atoms with Crippen LogP contribution in [0.4, 0.5) is 0 Å². The molecule has 6 heteroatoms. The first kappa shape index (κ1) is 15.9. The van der Waals surface area contributed by atoms with E-state index in [0.29, 0.717) is 38.8 Å². The highest BCUT2D eigenvalue weighted by Gasteiger charge is 2.36. The lowest BCUT2D eigenvalue weighted by atomic mass is 9.79.